The van der Waals surface area contributed by atoms with Gasteiger partial charge in [0.2, 0.25) is 0 Å². The molecule has 0 radical (unpaired) electrons. The van der Waals surface area contributed by atoms with Crippen molar-refractivity contribution in [2.45, 2.75) is 64.0 Å². The van der Waals surface area contributed by atoms with Gasteiger partial charge in [-0.15, -0.1) is 0 Å². The fraction of sp³-hybridized carbons (Fsp3) is 1.00. The van der Waals surface area contributed by atoms with Crippen LogP contribution < -0.4 is 5.32 Å². The van der Waals surface area contributed by atoms with Crippen LogP contribution in [0, 0.1) is 11.8 Å². The van der Waals surface area contributed by atoms with Crippen molar-refractivity contribution in [2.24, 2.45) is 11.8 Å². The first-order chi connectivity index (χ1) is 7.76. The van der Waals surface area contributed by atoms with E-state index in [0.717, 1.165) is 38.8 Å². The number of halogens is 1. The largest absolute Gasteiger partial charge is 0.317 e. The third kappa shape index (κ3) is 2.58. The van der Waals surface area contributed by atoms with Gasteiger partial charge >= 0.3 is 0 Å². The van der Waals surface area contributed by atoms with Crippen LogP contribution in [0.3, 0.4) is 0 Å². The molecule has 2 rings (SSSR count). The van der Waals surface area contributed by atoms with Gasteiger partial charge in [-0.2, -0.15) is 0 Å². The normalized spacial score (nSPS) is 41.6. The standard InChI is InChI=1S/C14H26FN/c1-2-12-6-3-4-7-13(12)14(15)8-5-10-16-11-9-14/h12-13,16H,2-11H2,1H3. The number of hydrogen-bond donors (Lipinski definition) is 1. The first-order valence-corrected chi connectivity index (χ1v) is 7.16. The predicted molar refractivity (Wildman–Crippen MR) is 66.3 cm³/mol. The molecular formula is C14H26FN. The van der Waals surface area contributed by atoms with Gasteiger partial charge < -0.3 is 5.32 Å². The molecule has 0 amide bonds. The lowest BCUT2D eigenvalue weighted by Gasteiger charge is -2.41. The molecule has 1 heterocycles. The molecule has 0 bridgehead atoms. The summed E-state index contributed by atoms with van der Waals surface area (Å²) in [6, 6.07) is 0. The van der Waals surface area contributed by atoms with Crippen LogP contribution in [0.4, 0.5) is 4.39 Å². The number of hydrogen-bond acceptors (Lipinski definition) is 1. The summed E-state index contributed by atoms with van der Waals surface area (Å²) in [4.78, 5) is 0. The van der Waals surface area contributed by atoms with E-state index in [4.69, 9.17) is 0 Å². The van der Waals surface area contributed by atoms with Gasteiger partial charge in [0.05, 0.1) is 0 Å². The lowest BCUT2D eigenvalue weighted by atomic mass is 9.67. The second-order valence-electron chi connectivity index (χ2n) is 5.70. The average Bonchev–Trinajstić information content (AvgIpc) is 2.55. The molecule has 2 fully saturated rings. The van der Waals surface area contributed by atoms with E-state index in [1.54, 1.807) is 0 Å². The van der Waals surface area contributed by atoms with E-state index in [0.29, 0.717) is 11.8 Å². The third-order valence-corrected chi connectivity index (χ3v) is 4.76. The first kappa shape index (κ1) is 12.3. The van der Waals surface area contributed by atoms with E-state index in [-0.39, 0.29) is 0 Å². The molecule has 1 saturated heterocycles. The molecule has 1 saturated carbocycles. The van der Waals surface area contributed by atoms with E-state index in [1.165, 1.54) is 25.7 Å². The van der Waals surface area contributed by atoms with Crippen molar-refractivity contribution in [3.63, 3.8) is 0 Å². The van der Waals surface area contributed by atoms with Gasteiger partial charge in [0.15, 0.2) is 0 Å². The van der Waals surface area contributed by atoms with Gasteiger partial charge in [-0.3, -0.25) is 0 Å². The molecule has 16 heavy (non-hydrogen) atoms. The smallest absolute Gasteiger partial charge is 0.115 e. The number of nitrogens with one attached hydrogen (secondary N) is 1. The first-order valence-electron chi connectivity index (χ1n) is 7.16. The Labute approximate surface area is 99.2 Å². The average molecular weight is 227 g/mol. The lowest BCUT2D eigenvalue weighted by molar-refractivity contribution is 0.00654. The zero-order valence-electron chi connectivity index (χ0n) is 10.6. The van der Waals surface area contributed by atoms with Gasteiger partial charge in [0.25, 0.3) is 0 Å². The van der Waals surface area contributed by atoms with Gasteiger partial charge in [-0.25, -0.2) is 4.39 Å². The van der Waals surface area contributed by atoms with Crippen LogP contribution in [0.2, 0.25) is 0 Å². The van der Waals surface area contributed by atoms with Crippen molar-refractivity contribution in [2.75, 3.05) is 13.1 Å². The molecule has 1 N–H and O–H groups in total. The Morgan fingerprint density at radius 3 is 2.75 bits per heavy atom. The van der Waals surface area contributed by atoms with E-state index in [1.807, 2.05) is 0 Å². The number of rotatable bonds is 2. The Kier molecular flexibility index (Phi) is 4.23. The molecular weight excluding hydrogens is 201 g/mol. The van der Waals surface area contributed by atoms with Crippen molar-refractivity contribution in [1.29, 1.82) is 0 Å². The zero-order chi connectivity index (χ0) is 11.4. The summed E-state index contributed by atoms with van der Waals surface area (Å²) in [6.45, 7) is 4.12. The van der Waals surface area contributed by atoms with Crippen LogP contribution in [0.15, 0.2) is 0 Å². The maximum atomic E-state index is 15.1. The maximum Gasteiger partial charge on any atom is 0.115 e. The van der Waals surface area contributed by atoms with E-state index < -0.39 is 5.67 Å². The summed E-state index contributed by atoms with van der Waals surface area (Å²) >= 11 is 0. The quantitative estimate of drug-likeness (QED) is 0.758. The lowest BCUT2D eigenvalue weighted by Crippen LogP contribution is -2.40. The van der Waals surface area contributed by atoms with Gasteiger partial charge in [-0.05, 0) is 50.6 Å². The fourth-order valence-corrected chi connectivity index (χ4v) is 3.80. The van der Waals surface area contributed by atoms with Crippen molar-refractivity contribution in [3.05, 3.63) is 0 Å². The summed E-state index contributed by atoms with van der Waals surface area (Å²) in [6.07, 6.45) is 8.70. The molecule has 1 nitrogen and oxygen atoms in total. The molecule has 0 aromatic carbocycles. The van der Waals surface area contributed by atoms with Gasteiger partial charge in [0, 0.05) is 0 Å². The molecule has 2 heteroatoms. The molecule has 1 aliphatic heterocycles. The SMILES string of the molecule is CCC1CCCCC1C1(F)CCCNCC1. The molecule has 1 aliphatic carbocycles. The van der Waals surface area contributed by atoms with E-state index in [9.17, 15) is 0 Å². The molecule has 2 aliphatic rings. The highest BCUT2D eigenvalue weighted by molar-refractivity contribution is 4.94. The highest BCUT2D eigenvalue weighted by Crippen LogP contribution is 2.45. The van der Waals surface area contributed by atoms with Gasteiger partial charge in [-0.1, -0.05) is 32.6 Å². The Bertz CT molecular complexity index is 209. The summed E-state index contributed by atoms with van der Waals surface area (Å²) in [5.41, 5.74) is -0.857. The second kappa shape index (κ2) is 5.48. The Balaban J connectivity index is 2.06. The minimum Gasteiger partial charge on any atom is -0.317 e. The molecule has 0 spiro atoms. The van der Waals surface area contributed by atoms with Crippen molar-refractivity contribution in [1.82, 2.24) is 5.32 Å². The van der Waals surface area contributed by atoms with E-state index >= 15 is 4.39 Å². The van der Waals surface area contributed by atoms with Crippen LogP contribution in [-0.4, -0.2) is 18.8 Å². The predicted octanol–water partition coefficient (Wildman–Crippen LogP) is 3.68. The second-order valence-corrected chi connectivity index (χ2v) is 5.70. The minimum absolute atomic E-state index is 0.353. The Hall–Kier alpha value is -0.110. The fourth-order valence-electron chi connectivity index (χ4n) is 3.80. The summed E-state index contributed by atoms with van der Waals surface area (Å²) < 4.78 is 15.1. The van der Waals surface area contributed by atoms with Crippen LogP contribution in [-0.2, 0) is 0 Å². The van der Waals surface area contributed by atoms with Crippen LogP contribution >= 0.6 is 0 Å². The van der Waals surface area contributed by atoms with E-state index in [2.05, 4.69) is 12.2 Å². The van der Waals surface area contributed by atoms with Crippen LogP contribution in [0.5, 0.6) is 0 Å². The summed E-state index contributed by atoms with van der Waals surface area (Å²) in [5, 5.41) is 3.33. The summed E-state index contributed by atoms with van der Waals surface area (Å²) in [7, 11) is 0. The molecule has 0 aromatic heterocycles. The zero-order valence-corrected chi connectivity index (χ0v) is 10.6. The topological polar surface area (TPSA) is 12.0 Å². The maximum absolute atomic E-state index is 15.1. The van der Waals surface area contributed by atoms with Crippen molar-refractivity contribution in [3.8, 4) is 0 Å². The van der Waals surface area contributed by atoms with Crippen molar-refractivity contribution < 1.29 is 4.39 Å². The van der Waals surface area contributed by atoms with Gasteiger partial charge in [0.1, 0.15) is 5.67 Å². The minimum atomic E-state index is -0.857. The summed E-state index contributed by atoms with van der Waals surface area (Å²) in [5.74, 6) is 1.00. The molecule has 3 unspecified atom stereocenters. The highest BCUT2D eigenvalue weighted by Gasteiger charge is 2.43. The molecule has 3 atom stereocenters. The Morgan fingerprint density at radius 2 is 1.94 bits per heavy atom. The molecule has 94 valence electrons. The van der Waals surface area contributed by atoms with Crippen LogP contribution in [0.1, 0.15) is 58.3 Å². The van der Waals surface area contributed by atoms with Crippen LogP contribution in [0.25, 0.3) is 0 Å². The Morgan fingerprint density at radius 1 is 1.12 bits per heavy atom. The monoisotopic (exact) mass is 227 g/mol. The third-order valence-electron chi connectivity index (χ3n) is 4.76. The highest BCUT2D eigenvalue weighted by atomic mass is 19.1. The number of alkyl halides is 1. The molecule has 0 aromatic rings. The van der Waals surface area contributed by atoms with Crippen molar-refractivity contribution >= 4 is 0 Å².